The zero-order chi connectivity index (χ0) is 21.2. The van der Waals surface area contributed by atoms with E-state index in [0.717, 1.165) is 24.9 Å². The summed E-state index contributed by atoms with van der Waals surface area (Å²) in [7, 11) is 3.27. The van der Waals surface area contributed by atoms with Crippen molar-refractivity contribution in [2.75, 3.05) is 27.4 Å². The number of benzene rings is 3. The maximum atomic E-state index is 9.90. The van der Waals surface area contributed by atoms with Gasteiger partial charge in [-0.25, -0.2) is 0 Å². The molecule has 0 aliphatic heterocycles. The molecule has 3 aromatic rings. The summed E-state index contributed by atoms with van der Waals surface area (Å²) in [6, 6.07) is 27.1. The number of ether oxygens (including phenoxy) is 2. The van der Waals surface area contributed by atoms with E-state index < -0.39 is 0 Å². The van der Waals surface area contributed by atoms with Crippen LogP contribution in [0.4, 0.5) is 0 Å². The molecule has 3 rings (SSSR count). The largest absolute Gasteiger partial charge is 0.493 e. The minimum absolute atomic E-state index is 0.0182. The molecule has 4 heteroatoms. The Morgan fingerprint density at radius 2 is 1.40 bits per heavy atom. The van der Waals surface area contributed by atoms with Gasteiger partial charge in [-0.1, -0.05) is 66.7 Å². The lowest BCUT2D eigenvalue weighted by Gasteiger charge is -2.21. The summed E-state index contributed by atoms with van der Waals surface area (Å²) in [5.41, 5.74) is 3.72. The number of hydrogen-bond donors (Lipinski definition) is 2. The average molecular weight is 406 g/mol. The van der Waals surface area contributed by atoms with Gasteiger partial charge in [0.1, 0.15) is 0 Å². The van der Waals surface area contributed by atoms with E-state index in [0.29, 0.717) is 17.4 Å². The molecule has 0 bridgehead atoms. The third-order valence-electron chi connectivity index (χ3n) is 5.42. The number of hydrogen-bond acceptors (Lipinski definition) is 4. The highest BCUT2D eigenvalue weighted by atomic mass is 16.5. The smallest absolute Gasteiger partial charge is 0.160 e. The summed E-state index contributed by atoms with van der Waals surface area (Å²) in [4.78, 5) is 0. The molecule has 0 fully saturated rings. The van der Waals surface area contributed by atoms with E-state index in [-0.39, 0.29) is 12.6 Å². The molecule has 0 amide bonds. The fourth-order valence-corrected chi connectivity index (χ4v) is 3.82. The van der Waals surface area contributed by atoms with E-state index >= 15 is 0 Å². The zero-order valence-electron chi connectivity index (χ0n) is 17.8. The Balaban J connectivity index is 1.63. The quantitative estimate of drug-likeness (QED) is 0.496. The van der Waals surface area contributed by atoms with Crippen LogP contribution in [0, 0.1) is 0 Å². The normalized spacial score (nSPS) is 12.0. The van der Waals surface area contributed by atoms with Crippen LogP contribution in [0.15, 0.2) is 78.9 Å². The first-order chi connectivity index (χ1) is 14.7. The van der Waals surface area contributed by atoms with Crippen molar-refractivity contribution in [2.45, 2.75) is 24.8 Å². The summed E-state index contributed by atoms with van der Waals surface area (Å²) in [6.07, 6.45) is 1.68. The first-order valence-electron chi connectivity index (χ1n) is 10.4. The minimum atomic E-state index is -0.0182. The van der Waals surface area contributed by atoms with Crippen molar-refractivity contribution >= 4 is 0 Å². The fraction of sp³-hybridized carbons (Fsp3) is 0.308. The Hall–Kier alpha value is -2.82. The van der Waals surface area contributed by atoms with Gasteiger partial charge >= 0.3 is 0 Å². The lowest BCUT2D eigenvalue weighted by molar-refractivity contribution is 0.241. The van der Waals surface area contributed by atoms with Gasteiger partial charge in [-0.2, -0.15) is 0 Å². The second-order valence-electron chi connectivity index (χ2n) is 7.39. The van der Waals surface area contributed by atoms with Crippen LogP contribution in [-0.4, -0.2) is 38.5 Å². The molecule has 1 unspecified atom stereocenters. The predicted octanol–water partition coefficient (Wildman–Crippen LogP) is 4.42. The van der Waals surface area contributed by atoms with Crippen LogP contribution in [0.25, 0.3) is 0 Å². The van der Waals surface area contributed by atoms with Crippen molar-refractivity contribution in [2.24, 2.45) is 0 Å². The van der Waals surface area contributed by atoms with Crippen molar-refractivity contribution in [3.05, 3.63) is 95.6 Å². The van der Waals surface area contributed by atoms with Crippen molar-refractivity contribution in [3.63, 3.8) is 0 Å². The maximum Gasteiger partial charge on any atom is 0.160 e. The van der Waals surface area contributed by atoms with Crippen LogP contribution in [-0.2, 0) is 6.42 Å². The van der Waals surface area contributed by atoms with Crippen molar-refractivity contribution < 1.29 is 14.6 Å². The van der Waals surface area contributed by atoms with Crippen LogP contribution in [0.1, 0.15) is 29.0 Å². The molecular weight excluding hydrogens is 374 g/mol. The second kappa shape index (κ2) is 11.4. The van der Waals surface area contributed by atoms with E-state index in [9.17, 15) is 5.11 Å². The number of aliphatic hydroxyl groups excluding tert-OH is 1. The van der Waals surface area contributed by atoms with Gasteiger partial charge in [0.25, 0.3) is 0 Å². The summed E-state index contributed by atoms with van der Waals surface area (Å²) in [5.74, 6) is 1.74. The Kier molecular flexibility index (Phi) is 8.30. The standard InChI is InChI=1S/C26H31NO3/c1-29-25-14-13-20(18-26(25)30-2)17-23(19-28)27-16-15-24(21-9-5-3-6-10-21)22-11-7-4-8-12-22/h3-14,18,23-24,27-28H,15-17,19H2,1-2H3. The van der Waals surface area contributed by atoms with Gasteiger partial charge in [-0.15, -0.1) is 0 Å². The van der Waals surface area contributed by atoms with Crippen molar-refractivity contribution in [1.29, 1.82) is 0 Å². The molecule has 3 aromatic carbocycles. The first kappa shape index (κ1) is 21.9. The summed E-state index contributed by atoms with van der Waals surface area (Å²) < 4.78 is 10.7. The highest BCUT2D eigenvalue weighted by Gasteiger charge is 2.15. The summed E-state index contributed by atoms with van der Waals surface area (Å²) in [6.45, 7) is 0.892. The number of nitrogens with one attached hydrogen (secondary N) is 1. The van der Waals surface area contributed by atoms with Crippen LogP contribution in [0.3, 0.4) is 0 Å². The topological polar surface area (TPSA) is 50.7 Å². The summed E-state index contributed by atoms with van der Waals surface area (Å²) >= 11 is 0. The average Bonchev–Trinajstić information content (AvgIpc) is 2.82. The van der Waals surface area contributed by atoms with Crippen molar-refractivity contribution in [1.82, 2.24) is 5.32 Å². The molecule has 158 valence electrons. The number of methoxy groups -OCH3 is 2. The minimum Gasteiger partial charge on any atom is -0.493 e. The molecule has 0 saturated heterocycles. The molecule has 0 aliphatic rings. The van der Waals surface area contributed by atoms with E-state index in [4.69, 9.17) is 9.47 Å². The van der Waals surface area contributed by atoms with E-state index in [1.165, 1.54) is 11.1 Å². The van der Waals surface area contributed by atoms with Gasteiger partial charge in [0.05, 0.1) is 20.8 Å². The van der Waals surface area contributed by atoms with E-state index in [1.54, 1.807) is 14.2 Å². The Labute approximate surface area is 179 Å². The molecule has 0 saturated carbocycles. The molecule has 0 aromatic heterocycles. The van der Waals surface area contributed by atoms with Crippen LogP contribution >= 0.6 is 0 Å². The maximum absolute atomic E-state index is 9.90. The van der Waals surface area contributed by atoms with Gasteiger partial charge in [0.2, 0.25) is 0 Å². The lowest BCUT2D eigenvalue weighted by Crippen LogP contribution is -2.35. The molecule has 0 radical (unpaired) electrons. The molecule has 0 spiro atoms. The molecule has 4 nitrogen and oxygen atoms in total. The second-order valence-corrected chi connectivity index (χ2v) is 7.39. The van der Waals surface area contributed by atoms with Crippen LogP contribution < -0.4 is 14.8 Å². The predicted molar refractivity (Wildman–Crippen MR) is 121 cm³/mol. The highest BCUT2D eigenvalue weighted by Crippen LogP contribution is 2.29. The van der Waals surface area contributed by atoms with Gasteiger partial charge in [0, 0.05) is 12.0 Å². The van der Waals surface area contributed by atoms with Gasteiger partial charge in [-0.05, 0) is 48.2 Å². The highest BCUT2D eigenvalue weighted by molar-refractivity contribution is 5.43. The van der Waals surface area contributed by atoms with Crippen molar-refractivity contribution in [3.8, 4) is 11.5 Å². The van der Waals surface area contributed by atoms with Gasteiger partial charge in [0.15, 0.2) is 11.5 Å². The SMILES string of the molecule is COc1ccc(CC(CO)NCCC(c2ccccc2)c2ccccc2)cc1OC. The first-order valence-corrected chi connectivity index (χ1v) is 10.4. The number of rotatable bonds is 11. The molecule has 1 atom stereocenters. The fourth-order valence-electron chi connectivity index (χ4n) is 3.82. The van der Waals surface area contributed by atoms with E-state index in [2.05, 4.69) is 66.0 Å². The third-order valence-corrected chi connectivity index (χ3v) is 5.42. The monoisotopic (exact) mass is 405 g/mol. The Morgan fingerprint density at radius 3 is 1.93 bits per heavy atom. The van der Waals surface area contributed by atoms with E-state index in [1.807, 2.05) is 18.2 Å². The van der Waals surface area contributed by atoms with Gasteiger partial charge in [-0.3, -0.25) is 0 Å². The lowest BCUT2D eigenvalue weighted by atomic mass is 9.88. The number of aliphatic hydroxyl groups is 1. The Morgan fingerprint density at radius 1 is 0.800 bits per heavy atom. The van der Waals surface area contributed by atoms with Gasteiger partial charge < -0.3 is 19.9 Å². The van der Waals surface area contributed by atoms with Crippen LogP contribution in [0.2, 0.25) is 0 Å². The summed E-state index contributed by atoms with van der Waals surface area (Å²) in [5, 5.41) is 13.4. The van der Waals surface area contributed by atoms with Crippen LogP contribution in [0.5, 0.6) is 11.5 Å². The molecular formula is C26H31NO3. The molecule has 2 N–H and O–H groups in total. The molecule has 0 heterocycles. The Bertz CT molecular complexity index is 844. The molecule has 0 aliphatic carbocycles. The molecule has 30 heavy (non-hydrogen) atoms. The third kappa shape index (κ3) is 5.85. The zero-order valence-corrected chi connectivity index (χ0v) is 17.8.